The molecule has 3 N–H and O–H groups in total. The van der Waals surface area contributed by atoms with Gasteiger partial charge in [-0.05, 0) is 12.8 Å². The van der Waals surface area contributed by atoms with Crippen LogP contribution in [-0.2, 0) is 4.79 Å². The minimum absolute atomic E-state index is 0.502. The first-order chi connectivity index (χ1) is 5.06. The number of aliphatic carboxylic acids is 1. The van der Waals surface area contributed by atoms with Gasteiger partial charge in [-0.25, -0.2) is 0 Å². The van der Waals surface area contributed by atoms with Gasteiger partial charge < -0.3 is 10.8 Å². The lowest BCUT2D eigenvalue weighted by molar-refractivity contribution is -0.143. The number of carbonyl (C=O) groups is 1. The van der Waals surface area contributed by atoms with Crippen LogP contribution in [0.4, 0.5) is 0 Å². The molecule has 1 unspecified atom stereocenters. The summed E-state index contributed by atoms with van der Waals surface area (Å²) in [7, 11) is 0. The van der Waals surface area contributed by atoms with Crippen molar-refractivity contribution < 1.29 is 9.90 Å². The Morgan fingerprint density at radius 3 is 2.36 bits per heavy atom. The summed E-state index contributed by atoms with van der Waals surface area (Å²) in [5, 5.41) is 8.73. The zero-order valence-corrected chi connectivity index (χ0v) is 7.26. The van der Waals surface area contributed by atoms with Crippen LogP contribution in [0.3, 0.4) is 0 Å². The van der Waals surface area contributed by atoms with Crippen molar-refractivity contribution in [3.63, 3.8) is 0 Å². The van der Waals surface area contributed by atoms with E-state index in [0.29, 0.717) is 12.8 Å². The van der Waals surface area contributed by atoms with E-state index in [1.807, 2.05) is 13.8 Å². The van der Waals surface area contributed by atoms with Crippen molar-refractivity contribution in [1.29, 1.82) is 0 Å². The first-order valence-electron chi connectivity index (χ1n) is 4.09. The SMILES string of the molecule is CCCCC(N)(CC)C(=O)O. The van der Waals surface area contributed by atoms with Gasteiger partial charge in [0.1, 0.15) is 5.54 Å². The number of hydrogen-bond donors (Lipinski definition) is 2. The normalized spacial score (nSPS) is 15.9. The first-order valence-corrected chi connectivity index (χ1v) is 4.09. The molecule has 0 rings (SSSR count). The Balaban J connectivity index is 3.99. The molecular formula is C8H17NO2. The van der Waals surface area contributed by atoms with Crippen molar-refractivity contribution in [1.82, 2.24) is 0 Å². The Hall–Kier alpha value is -0.570. The highest BCUT2D eigenvalue weighted by atomic mass is 16.4. The Morgan fingerprint density at radius 1 is 1.55 bits per heavy atom. The van der Waals surface area contributed by atoms with Gasteiger partial charge in [-0.1, -0.05) is 26.7 Å². The summed E-state index contributed by atoms with van der Waals surface area (Å²) in [6.07, 6.45) is 2.96. The average molecular weight is 159 g/mol. The third-order valence-electron chi connectivity index (χ3n) is 2.03. The van der Waals surface area contributed by atoms with Crippen LogP contribution in [0.25, 0.3) is 0 Å². The maximum atomic E-state index is 10.6. The molecule has 0 radical (unpaired) electrons. The largest absolute Gasteiger partial charge is 0.480 e. The molecule has 0 fully saturated rings. The summed E-state index contributed by atoms with van der Waals surface area (Å²) in [6.45, 7) is 3.84. The summed E-state index contributed by atoms with van der Waals surface area (Å²) >= 11 is 0. The smallest absolute Gasteiger partial charge is 0.323 e. The number of carboxylic acid groups (broad SMARTS) is 1. The van der Waals surface area contributed by atoms with Gasteiger partial charge in [-0.15, -0.1) is 0 Å². The van der Waals surface area contributed by atoms with E-state index < -0.39 is 11.5 Å². The maximum Gasteiger partial charge on any atom is 0.323 e. The second-order valence-electron chi connectivity index (χ2n) is 2.92. The van der Waals surface area contributed by atoms with E-state index >= 15 is 0 Å². The topological polar surface area (TPSA) is 63.3 Å². The highest BCUT2D eigenvalue weighted by Gasteiger charge is 2.30. The first kappa shape index (κ1) is 10.4. The fraction of sp³-hybridized carbons (Fsp3) is 0.875. The van der Waals surface area contributed by atoms with Crippen LogP contribution >= 0.6 is 0 Å². The number of nitrogens with two attached hydrogens (primary N) is 1. The lowest BCUT2D eigenvalue weighted by Gasteiger charge is -2.22. The molecule has 3 heteroatoms. The molecule has 0 aliphatic heterocycles. The lowest BCUT2D eigenvalue weighted by atomic mass is 9.91. The van der Waals surface area contributed by atoms with Crippen molar-refractivity contribution in [3.05, 3.63) is 0 Å². The Labute approximate surface area is 67.6 Å². The van der Waals surface area contributed by atoms with E-state index in [9.17, 15) is 4.79 Å². The zero-order chi connectivity index (χ0) is 8.91. The summed E-state index contributed by atoms with van der Waals surface area (Å²) in [6, 6.07) is 0. The molecule has 0 amide bonds. The van der Waals surface area contributed by atoms with Gasteiger partial charge in [0.05, 0.1) is 0 Å². The van der Waals surface area contributed by atoms with Crippen LogP contribution < -0.4 is 5.73 Å². The number of rotatable bonds is 5. The molecule has 0 aliphatic rings. The number of hydrogen-bond acceptors (Lipinski definition) is 2. The summed E-state index contributed by atoms with van der Waals surface area (Å²) in [5.74, 6) is -0.881. The van der Waals surface area contributed by atoms with Crippen LogP contribution in [0.2, 0.25) is 0 Å². The van der Waals surface area contributed by atoms with E-state index in [0.717, 1.165) is 12.8 Å². The predicted molar refractivity (Wildman–Crippen MR) is 44.4 cm³/mol. The highest BCUT2D eigenvalue weighted by Crippen LogP contribution is 2.15. The molecule has 66 valence electrons. The molecule has 0 saturated carbocycles. The maximum absolute atomic E-state index is 10.6. The zero-order valence-electron chi connectivity index (χ0n) is 7.26. The van der Waals surface area contributed by atoms with Crippen LogP contribution in [0.15, 0.2) is 0 Å². The molecule has 0 aromatic rings. The van der Waals surface area contributed by atoms with Crippen molar-refractivity contribution in [2.45, 2.75) is 45.1 Å². The molecule has 0 spiro atoms. The van der Waals surface area contributed by atoms with Gasteiger partial charge in [0, 0.05) is 0 Å². The van der Waals surface area contributed by atoms with Gasteiger partial charge in [0.25, 0.3) is 0 Å². The Kier molecular flexibility index (Phi) is 4.11. The fourth-order valence-electron chi connectivity index (χ4n) is 0.927. The van der Waals surface area contributed by atoms with Crippen LogP contribution in [0.5, 0.6) is 0 Å². The van der Waals surface area contributed by atoms with Gasteiger partial charge >= 0.3 is 5.97 Å². The van der Waals surface area contributed by atoms with Gasteiger partial charge in [-0.2, -0.15) is 0 Å². The van der Waals surface area contributed by atoms with Crippen LogP contribution in [-0.4, -0.2) is 16.6 Å². The molecule has 3 nitrogen and oxygen atoms in total. The standard InChI is InChI=1S/C8H17NO2/c1-3-5-6-8(9,4-2)7(10)11/h3-6,9H2,1-2H3,(H,10,11). The average Bonchev–Trinajstić information content (AvgIpc) is 2.00. The van der Waals surface area contributed by atoms with Gasteiger partial charge in [0.2, 0.25) is 0 Å². The fourth-order valence-corrected chi connectivity index (χ4v) is 0.927. The highest BCUT2D eigenvalue weighted by molar-refractivity contribution is 5.78. The summed E-state index contributed by atoms with van der Waals surface area (Å²) in [4.78, 5) is 10.6. The molecule has 0 bridgehead atoms. The molecule has 0 aliphatic carbocycles. The van der Waals surface area contributed by atoms with Gasteiger partial charge in [-0.3, -0.25) is 4.79 Å². The van der Waals surface area contributed by atoms with Crippen molar-refractivity contribution in [2.24, 2.45) is 5.73 Å². The van der Waals surface area contributed by atoms with E-state index in [2.05, 4.69) is 0 Å². The van der Waals surface area contributed by atoms with Crippen LogP contribution in [0, 0.1) is 0 Å². The summed E-state index contributed by atoms with van der Waals surface area (Å²) < 4.78 is 0. The van der Waals surface area contributed by atoms with Crippen molar-refractivity contribution in [2.75, 3.05) is 0 Å². The van der Waals surface area contributed by atoms with Crippen LogP contribution in [0.1, 0.15) is 39.5 Å². The van der Waals surface area contributed by atoms with E-state index in [4.69, 9.17) is 10.8 Å². The Bertz CT molecular complexity index is 136. The van der Waals surface area contributed by atoms with E-state index in [1.165, 1.54) is 0 Å². The lowest BCUT2D eigenvalue weighted by Crippen LogP contribution is -2.47. The molecule has 0 aromatic carbocycles. The third-order valence-corrected chi connectivity index (χ3v) is 2.03. The second kappa shape index (κ2) is 4.34. The summed E-state index contributed by atoms with van der Waals surface area (Å²) in [5.41, 5.74) is 4.64. The number of carboxylic acids is 1. The molecule has 0 heterocycles. The molecule has 11 heavy (non-hydrogen) atoms. The second-order valence-corrected chi connectivity index (χ2v) is 2.92. The predicted octanol–water partition coefficient (Wildman–Crippen LogP) is 1.37. The Morgan fingerprint density at radius 2 is 2.09 bits per heavy atom. The van der Waals surface area contributed by atoms with Crippen molar-refractivity contribution >= 4 is 5.97 Å². The molecular weight excluding hydrogens is 142 g/mol. The monoisotopic (exact) mass is 159 g/mol. The quantitative estimate of drug-likeness (QED) is 0.636. The van der Waals surface area contributed by atoms with E-state index in [1.54, 1.807) is 0 Å². The molecule has 0 saturated heterocycles. The van der Waals surface area contributed by atoms with Crippen molar-refractivity contribution in [3.8, 4) is 0 Å². The minimum atomic E-state index is -0.990. The number of unbranched alkanes of at least 4 members (excludes halogenated alkanes) is 1. The third kappa shape index (κ3) is 2.89. The van der Waals surface area contributed by atoms with E-state index in [-0.39, 0.29) is 0 Å². The minimum Gasteiger partial charge on any atom is -0.480 e. The molecule has 1 atom stereocenters. The van der Waals surface area contributed by atoms with Gasteiger partial charge in [0.15, 0.2) is 0 Å². The molecule has 0 aromatic heterocycles.